The second kappa shape index (κ2) is 12.1. The quantitative estimate of drug-likeness (QED) is 0.162. The van der Waals surface area contributed by atoms with Crippen LogP contribution in [0.25, 0.3) is 71.3 Å². The third-order valence-corrected chi connectivity index (χ3v) is 12.0. The maximum atomic E-state index is 2.47. The summed E-state index contributed by atoms with van der Waals surface area (Å²) in [5.41, 5.74) is 14.8. The Kier molecular flexibility index (Phi) is 6.93. The summed E-state index contributed by atoms with van der Waals surface area (Å²) in [6.45, 7) is 4.72. The molecule has 0 N–H and O–H groups in total. The lowest BCUT2D eigenvalue weighted by atomic mass is 9.82. The number of aromatic nitrogens is 1. The molecule has 0 saturated carbocycles. The minimum atomic E-state index is -0.106. The molecule has 11 rings (SSSR count). The van der Waals surface area contributed by atoms with Gasteiger partial charge in [-0.1, -0.05) is 147 Å². The van der Waals surface area contributed by atoms with Gasteiger partial charge in [0.1, 0.15) is 0 Å². The largest absolute Gasteiger partial charge is 0.310 e. The molecule has 0 atom stereocenters. The Bertz CT molecular complexity index is 3110. The maximum absolute atomic E-state index is 2.47. The molecule has 0 saturated heterocycles. The standard InChI is InChI=1S/C53H38N2/c1-53(2)47-20-10-8-18-43(47)44-31-30-41(34-48(44)53)54(51-22-12-14-37-24-23-36-13-6-7-17-42(36)52(37)51)40-28-25-35(26-29-40)38-27-32-50-46(33-38)45-19-9-11-21-49(45)55(50)39-15-4-3-5-16-39/h3-34H,1-2H3. The Morgan fingerprint density at radius 3 is 1.95 bits per heavy atom. The van der Waals surface area contributed by atoms with Gasteiger partial charge in [0.15, 0.2) is 0 Å². The predicted octanol–water partition coefficient (Wildman–Crippen LogP) is 14.5. The first kappa shape index (κ1) is 31.6. The molecule has 2 heteroatoms. The molecule has 1 aliphatic rings. The number of hydrogen-bond donors (Lipinski definition) is 0. The number of fused-ring (bicyclic) bond motifs is 9. The molecular weight excluding hydrogens is 665 g/mol. The summed E-state index contributed by atoms with van der Waals surface area (Å²) in [5, 5.41) is 7.51. The van der Waals surface area contributed by atoms with Gasteiger partial charge in [-0.05, 0) is 110 Å². The molecule has 0 amide bonds. The van der Waals surface area contributed by atoms with Crippen LogP contribution in [0.1, 0.15) is 25.0 Å². The van der Waals surface area contributed by atoms with Crippen molar-refractivity contribution in [3.63, 3.8) is 0 Å². The van der Waals surface area contributed by atoms with Crippen molar-refractivity contribution in [3.05, 3.63) is 205 Å². The maximum Gasteiger partial charge on any atom is 0.0546 e. The fraction of sp³-hybridized carbons (Fsp3) is 0.0566. The van der Waals surface area contributed by atoms with E-state index < -0.39 is 0 Å². The van der Waals surface area contributed by atoms with Gasteiger partial charge in [-0.25, -0.2) is 0 Å². The molecule has 0 bridgehead atoms. The molecule has 0 unspecified atom stereocenters. The first-order valence-corrected chi connectivity index (χ1v) is 19.2. The zero-order valence-corrected chi connectivity index (χ0v) is 30.9. The number of rotatable bonds is 5. The van der Waals surface area contributed by atoms with Crippen molar-refractivity contribution >= 4 is 60.4 Å². The predicted molar refractivity (Wildman–Crippen MR) is 233 cm³/mol. The summed E-state index contributed by atoms with van der Waals surface area (Å²) in [6, 6.07) is 71.4. The van der Waals surface area contributed by atoms with Crippen LogP contribution < -0.4 is 4.90 Å². The van der Waals surface area contributed by atoms with E-state index in [0.717, 1.165) is 11.4 Å². The van der Waals surface area contributed by atoms with Crippen molar-refractivity contribution in [2.45, 2.75) is 19.3 Å². The first-order valence-electron chi connectivity index (χ1n) is 19.2. The molecule has 260 valence electrons. The molecule has 0 radical (unpaired) electrons. The number of benzene rings is 9. The molecule has 55 heavy (non-hydrogen) atoms. The summed E-state index contributed by atoms with van der Waals surface area (Å²) in [4.78, 5) is 2.47. The smallest absolute Gasteiger partial charge is 0.0546 e. The Hall–Kier alpha value is -6.90. The van der Waals surface area contributed by atoms with Crippen LogP contribution in [0, 0.1) is 0 Å². The highest BCUT2D eigenvalue weighted by Gasteiger charge is 2.35. The van der Waals surface area contributed by atoms with Crippen molar-refractivity contribution in [1.29, 1.82) is 0 Å². The van der Waals surface area contributed by atoms with E-state index in [9.17, 15) is 0 Å². The van der Waals surface area contributed by atoms with E-state index >= 15 is 0 Å². The SMILES string of the molecule is CC1(C)c2ccccc2-c2ccc(N(c3ccc(-c4ccc5c(c4)c4ccccc4n5-c4ccccc4)cc3)c3cccc4ccc5ccccc5c34)cc21. The second-order valence-corrected chi connectivity index (χ2v) is 15.4. The van der Waals surface area contributed by atoms with Crippen LogP contribution in [0.5, 0.6) is 0 Å². The Morgan fingerprint density at radius 1 is 0.418 bits per heavy atom. The number of para-hydroxylation sites is 2. The first-order chi connectivity index (χ1) is 27.0. The number of hydrogen-bond acceptors (Lipinski definition) is 1. The van der Waals surface area contributed by atoms with E-state index in [4.69, 9.17) is 0 Å². The Balaban J connectivity index is 1.08. The molecule has 0 spiro atoms. The fourth-order valence-electron chi connectivity index (χ4n) is 9.30. The van der Waals surface area contributed by atoms with Gasteiger partial charge in [-0.2, -0.15) is 0 Å². The van der Waals surface area contributed by atoms with Gasteiger partial charge < -0.3 is 9.47 Å². The van der Waals surface area contributed by atoms with Crippen molar-refractivity contribution in [2.24, 2.45) is 0 Å². The van der Waals surface area contributed by atoms with Crippen LogP contribution in [0.15, 0.2) is 194 Å². The summed E-state index contributed by atoms with van der Waals surface area (Å²) < 4.78 is 2.37. The van der Waals surface area contributed by atoms with Crippen LogP contribution in [-0.2, 0) is 5.41 Å². The van der Waals surface area contributed by atoms with E-state index in [1.807, 2.05) is 0 Å². The van der Waals surface area contributed by atoms with Gasteiger partial charge in [0, 0.05) is 38.6 Å². The Morgan fingerprint density at radius 2 is 1.07 bits per heavy atom. The van der Waals surface area contributed by atoms with E-state index in [-0.39, 0.29) is 5.41 Å². The van der Waals surface area contributed by atoms with Crippen molar-refractivity contribution in [1.82, 2.24) is 4.57 Å². The second-order valence-electron chi connectivity index (χ2n) is 15.4. The van der Waals surface area contributed by atoms with Crippen LogP contribution in [0.2, 0.25) is 0 Å². The van der Waals surface area contributed by atoms with E-state index in [1.165, 1.54) is 88.1 Å². The van der Waals surface area contributed by atoms with Gasteiger partial charge in [-0.15, -0.1) is 0 Å². The molecule has 0 aliphatic heterocycles. The minimum absolute atomic E-state index is 0.106. The lowest BCUT2D eigenvalue weighted by molar-refractivity contribution is 0.660. The number of nitrogens with zero attached hydrogens (tertiary/aromatic N) is 2. The molecular formula is C53H38N2. The third kappa shape index (κ3) is 4.81. The molecule has 10 aromatic rings. The van der Waals surface area contributed by atoms with E-state index in [2.05, 4.69) is 217 Å². The fourth-order valence-corrected chi connectivity index (χ4v) is 9.30. The third-order valence-electron chi connectivity index (χ3n) is 12.0. The van der Waals surface area contributed by atoms with Gasteiger partial charge in [0.2, 0.25) is 0 Å². The summed E-state index contributed by atoms with van der Waals surface area (Å²) in [5.74, 6) is 0. The highest BCUT2D eigenvalue weighted by atomic mass is 15.1. The highest BCUT2D eigenvalue weighted by Crippen LogP contribution is 2.51. The molecule has 0 fully saturated rings. The summed E-state index contributed by atoms with van der Waals surface area (Å²) in [7, 11) is 0. The van der Waals surface area contributed by atoms with Crippen LogP contribution in [0.4, 0.5) is 17.1 Å². The van der Waals surface area contributed by atoms with Gasteiger partial charge in [-0.3, -0.25) is 0 Å². The average molecular weight is 703 g/mol. The summed E-state index contributed by atoms with van der Waals surface area (Å²) in [6.07, 6.45) is 0. The molecule has 2 nitrogen and oxygen atoms in total. The topological polar surface area (TPSA) is 8.17 Å². The van der Waals surface area contributed by atoms with E-state index in [1.54, 1.807) is 0 Å². The molecule has 9 aromatic carbocycles. The average Bonchev–Trinajstić information content (AvgIpc) is 3.69. The molecule has 1 heterocycles. The van der Waals surface area contributed by atoms with Crippen molar-refractivity contribution < 1.29 is 0 Å². The normalized spacial score (nSPS) is 13.1. The van der Waals surface area contributed by atoms with Crippen molar-refractivity contribution in [2.75, 3.05) is 4.90 Å². The van der Waals surface area contributed by atoms with Crippen molar-refractivity contribution in [3.8, 4) is 27.9 Å². The van der Waals surface area contributed by atoms with E-state index in [0.29, 0.717) is 0 Å². The lowest BCUT2D eigenvalue weighted by Gasteiger charge is -2.29. The van der Waals surface area contributed by atoms with Gasteiger partial charge >= 0.3 is 0 Å². The van der Waals surface area contributed by atoms with Gasteiger partial charge in [0.25, 0.3) is 0 Å². The minimum Gasteiger partial charge on any atom is -0.310 e. The molecule has 1 aliphatic carbocycles. The zero-order chi connectivity index (χ0) is 36.7. The number of anilines is 3. The Labute approximate surface area is 321 Å². The zero-order valence-electron chi connectivity index (χ0n) is 30.9. The molecule has 1 aromatic heterocycles. The van der Waals surface area contributed by atoms with Crippen LogP contribution >= 0.6 is 0 Å². The summed E-state index contributed by atoms with van der Waals surface area (Å²) >= 11 is 0. The van der Waals surface area contributed by atoms with Crippen LogP contribution in [0.3, 0.4) is 0 Å². The van der Waals surface area contributed by atoms with Gasteiger partial charge in [0.05, 0.1) is 16.7 Å². The lowest BCUT2D eigenvalue weighted by Crippen LogP contribution is -2.16. The highest BCUT2D eigenvalue weighted by molar-refractivity contribution is 6.15. The van der Waals surface area contributed by atoms with Crippen LogP contribution in [-0.4, -0.2) is 4.57 Å². The monoisotopic (exact) mass is 702 g/mol.